The molecule has 3 heterocycles. The van der Waals surface area contributed by atoms with Gasteiger partial charge in [-0.25, -0.2) is 9.97 Å². The highest BCUT2D eigenvalue weighted by Gasteiger charge is 2.21. The number of anilines is 1. The Balaban J connectivity index is 1.61. The molecular weight excluding hydrogens is 436 g/mol. The van der Waals surface area contributed by atoms with E-state index >= 15 is 0 Å². The second kappa shape index (κ2) is 8.55. The molecule has 9 heteroatoms. The number of hydrogen-bond donors (Lipinski definition) is 2. The zero-order valence-corrected chi connectivity index (χ0v) is 18.7. The van der Waals surface area contributed by atoms with E-state index in [0.29, 0.717) is 10.6 Å². The molecule has 0 aliphatic carbocycles. The highest BCUT2D eigenvalue weighted by molar-refractivity contribution is 8.00. The number of hydrogen-bond acceptors (Lipinski definition) is 7. The average molecular weight is 455 g/mol. The lowest BCUT2D eigenvalue weighted by atomic mass is 10.1. The van der Waals surface area contributed by atoms with Crippen molar-refractivity contribution in [1.29, 1.82) is 0 Å². The number of primary amides is 1. The number of amides is 2. The van der Waals surface area contributed by atoms with Crippen LogP contribution in [0.2, 0.25) is 0 Å². The summed E-state index contributed by atoms with van der Waals surface area (Å²) < 4.78 is 0. The molecule has 152 valence electrons. The second-order valence-corrected chi connectivity index (χ2v) is 9.76. The molecule has 1 atom stereocenters. The number of carbonyl (C=O) groups excluding carboxylic acids is 2. The first-order valence-corrected chi connectivity index (χ1v) is 11.7. The standard InChI is InChI=1S/C21H18N4O2S3/c1-11-3-5-13(6-4-11)15-9-29-20-16(15)21(24-10-23-20)30-12(2)18(27)25-19-14(17(22)26)7-8-28-19/h3-10,12H,1-2H3,(H2,22,26)(H,25,27)/t12-/m0/s1. The van der Waals surface area contributed by atoms with E-state index in [2.05, 4.69) is 51.9 Å². The van der Waals surface area contributed by atoms with Gasteiger partial charge in [-0.2, -0.15) is 0 Å². The van der Waals surface area contributed by atoms with Crippen LogP contribution in [-0.2, 0) is 4.79 Å². The molecule has 0 saturated heterocycles. The van der Waals surface area contributed by atoms with E-state index in [1.165, 1.54) is 35.0 Å². The molecule has 0 fully saturated rings. The molecule has 2 amide bonds. The van der Waals surface area contributed by atoms with Crippen LogP contribution in [-0.4, -0.2) is 27.0 Å². The predicted octanol–water partition coefficient (Wildman–Crippen LogP) is 4.95. The molecule has 0 bridgehead atoms. The third kappa shape index (κ3) is 4.09. The maximum Gasteiger partial charge on any atom is 0.251 e. The average Bonchev–Trinajstić information content (AvgIpc) is 3.36. The van der Waals surface area contributed by atoms with Crippen molar-refractivity contribution in [3.8, 4) is 11.1 Å². The molecular formula is C21H18N4O2S3. The van der Waals surface area contributed by atoms with Gasteiger partial charge < -0.3 is 11.1 Å². The number of fused-ring (bicyclic) bond motifs is 1. The fraction of sp³-hybridized carbons (Fsp3) is 0.143. The summed E-state index contributed by atoms with van der Waals surface area (Å²) in [6.07, 6.45) is 1.52. The van der Waals surface area contributed by atoms with Crippen molar-refractivity contribution in [2.45, 2.75) is 24.1 Å². The minimum absolute atomic E-state index is 0.219. The molecule has 3 aromatic heterocycles. The number of carbonyl (C=O) groups is 2. The van der Waals surface area contributed by atoms with Gasteiger partial charge in [0.25, 0.3) is 5.91 Å². The van der Waals surface area contributed by atoms with Gasteiger partial charge in [0.15, 0.2) is 0 Å². The number of nitrogens with two attached hydrogens (primary N) is 1. The summed E-state index contributed by atoms with van der Waals surface area (Å²) >= 11 is 4.19. The van der Waals surface area contributed by atoms with Crippen LogP contribution >= 0.6 is 34.4 Å². The number of rotatable bonds is 6. The van der Waals surface area contributed by atoms with Crippen molar-refractivity contribution in [1.82, 2.24) is 9.97 Å². The normalized spacial score (nSPS) is 12.1. The lowest BCUT2D eigenvalue weighted by Crippen LogP contribution is -2.23. The first kappa shape index (κ1) is 20.5. The van der Waals surface area contributed by atoms with Gasteiger partial charge in [-0.1, -0.05) is 41.6 Å². The van der Waals surface area contributed by atoms with Crippen LogP contribution in [0.5, 0.6) is 0 Å². The summed E-state index contributed by atoms with van der Waals surface area (Å²) in [5.74, 6) is -0.783. The van der Waals surface area contributed by atoms with Crippen LogP contribution in [0.15, 0.2) is 52.4 Å². The Morgan fingerprint density at radius 2 is 1.90 bits per heavy atom. The van der Waals surface area contributed by atoms with Gasteiger partial charge in [0.05, 0.1) is 16.2 Å². The Morgan fingerprint density at radius 3 is 2.63 bits per heavy atom. The maximum absolute atomic E-state index is 12.7. The number of aryl methyl sites for hydroxylation is 1. The van der Waals surface area contributed by atoms with Gasteiger partial charge in [-0.15, -0.1) is 22.7 Å². The van der Waals surface area contributed by atoms with Crippen molar-refractivity contribution in [2.75, 3.05) is 5.32 Å². The molecule has 1 aromatic carbocycles. The molecule has 0 aliphatic rings. The maximum atomic E-state index is 12.7. The number of nitrogens with zero attached hydrogens (tertiary/aromatic N) is 2. The number of aromatic nitrogens is 2. The van der Waals surface area contributed by atoms with Crippen molar-refractivity contribution in [3.05, 3.63) is 58.5 Å². The van der Waals surface area contributed by atoms with E-state index in [-0.39, 0.29) is 5.91 Å². The van der Waals surface area contributed by atoms with E-state index in [0.717, 1.165) is 26.4 Å². The quantitative estimate of drug-likeness (QED) is 0.317. The minimum Gasteiger partial charge on any atom is -0.366 e. The Kier molecular flexibility index (Phi) is 5.85. The number of nitrogens with one attached hydrogen (secondary N) is 1. The third-order valence-electron chi connectivity index (χ3n) is 4.52. The van der Waals surface area contributed by atoms with Crippen molar-refractivity contribution >= 4 is 61.5 Å². The lowest BCUT2D eigenvalue weighted by molar-refractivity contribution is -0.115. The van der Waals surface area contributed by atoms with Gasteiger partial charge in [0, 0.05) is 10.9 Å². The summed E-state index contributed by atoms with van der Waals surface area (Å²) in [4.78, 5) is 34.0. The smallest absolute Gasteiger partial charge is 0.251 e. The van der Waals surface area contributed by atoms with Crippen LogP contribution in [0, 0.1) is 6.92 Å². The third-order valence-corrected chi connectivity index (χ3v) is 7.34. The van der Waals surface area contributed by atoms with E-state index in [1.54, 1.807) is 22.8 Å². The largest absolute Gasteiger partial charge is 0.366 e. The molecule has 0 unspecified atom stereocenters. The molecule has 0 saturated carbocycles. The van der Waals surface area contributed by atoms with Crippen LogP contribution in [0.3, 0.4) is 0 Å². The molecule has 0 spiro atoms. The van der Waals surface area contributed by atoms with Crippen molar-refractivity contribution in [3.63, 3.8) is 0 Å². The van der Waals surface area contributed by atoms with Gasteiger partial charge in [0.1, 0.15) is 21.2 Å². The van der Waals surface area contributed by atoms with Gasteiger partial charge in [0.2, 0.25) is 5.91 Å². The highest BCUT2D eigenvalue weighted by Crippen LogP contribution is 2.39. The van der Waals surface area contributed by atoms with E-state index < -0.39 is 11.2 Å². The lowest BCUT2D eigenvalue weighted by Gasteiger charge is -2.12. The predicted molar refractivity (Wildman–Crippen MR) is 124 cm³/mol. The highest BCUT2D eigenvalue weighted by atomic mass is 32.2. The Morgan fingerprint density at radius 1 is 1.13 bits per heavy atom. The Hall–Kier alpha value is -2.75. The van der Waals surface area contributed by atoms with E-state index in [9.17, 15) is 9.59 Å². The van der Waals surface area contributed by atoms with Crippen LogP contribution in [0.25, 0.3) is 21.3 Å². The summed E-state index contributed by atoms with van der Waals surface area (Å²) in [5.41, 5.74) is 9.01. The Labute approximate surface area is 185 Å². The van der Waals surface area contributed by atoms with Gasteiger partial charge >= 0.3 is 0 Å². The monoisotopic (exact) mass is 454 g/mol. The first-order valence-electron chi connectivity index (χ1n) is 9.08. The first-order chi connectivity index (χ1) is 14.4. The van der Waals surface area contributed by atoms with E-state index in [1.807, 2.05) is 6.92 Å². The summed E-state index contributed by atoms with van der Waals surface area (Å²) in [6, 6.07) is 9.91. The molecule has 3 N–H and O–H groups in total. The van der Waals surface area contributed by atoms with Crippen molar-refractivity contribution in [2.24, 2.45) is 5.73 Å². The summed E-state index contributed by atoms with van der Waals surface area (Å²) in [7, 11) is 0. The van der Waals surface area contributed by atoms with E-state index in [4.69, 9.17) is 5.73 Å². The number of benzene rings is 1. The molecule has 6 nitrogen and oxygen atoms in total. The van der Waals surface area contributed by atoms with Crippen LogP contribution in [0.1, 0.15) is 22.8 Å². The fourth-order valence-corrected chi connectivity index (χ4v) is 5.63. The number of thiophene rings is 2. The minimum atomic E-state index is -0.564. The zero-order valence-electron chi connectivity index (χ0n) is 16.2. The topological polar surface area (TPSA) is 98.0 Å². The van der Waals surface area contributed by atoms with Crippen LogP contribution < -0.4 is 11.1 Å². The summed E-state index contributed by atoms with van der Waals surface area (Å²) in [6.45, 7) is 3.86. The fourth-order valence-electron chi connectivity index (χ4n) is 2.92. The number of thioether (sulfide) groups is 1. The molecule has 0 radical (unpaired) electrons. The van der Waals surface area contributed by atoms with Gasteiger partial charge in [-0.3, -0.25) is 9.59 Å². The molecule has 4 rings (SSSR count). The second-order valence-electron chi connectivity index (χ2n) is 6.65. The van der Waals surface area contributed by atoms with Crippen molar-refractivity contribution < 1.29 is 9.59 Å². The molecule has 0 aliphatic heterocycles. The summed E-state index contributed by atoms with van der Waals surface area (Å²) in [5, 5.41) is 8.33. The zero-order chi connectivity index (χ0) is 21.3. The molecule has 4 aromatic rings. The van der Waals surface area contributed by atoms with Crippen LogP contribution in [0.4, 0.5) is 5.00 Å². The van der Waals surface area contributed by atoms with Gasteiger partial charge in [-0.05, 0) is 30.9 Å². The SMILES string of the molecule is Cc1ccc(-c2csc3ncnc(S[C@@H](C)C(=O)Nc4sccc4C(N)=O)c23)cc1. The molecule has 30 heavy (non-hydrogen) atoms. The Bertz CT molecular complexity index is 1230.